The van der Waals surface area contributed by atoms with Gasteiger partial charge in [-0.1, -0.05) is 70.0 Å². The smallest absolute Gasteiger partial charge is 0.273 e. The number of hydrazine groups is 1. The lowest BCUT2D eigenvalue weighted by molar-refractivity contribution is -0.130. The maximum atomic E-state index is 13.1. The van der Waals surface area contributed by atoms with Crippen molar-refractivity contribution in [3.63, 3.8) is 0 Å². The average Bonchev–Trinajstić information content (AvgIpc) is 3.10. The second-order valence-electron chi connectivity index (χ2n) is 6.42. The van der Waals surface area contributed by atoms with Crippen molar-refractivity contribution in [1.29, 1.82) is 0 Å². The first-order valence-electron chi connectivity index (χ1n) is 9.05. The fraction of sp³-hybridized carbons (Fsp3) is 0.0909. The molecule has 1 unspecified atom stereocenters. The van der Waals surface area contributed by atoms with Crippen LogP contribution in [0.4, 0.5) is 0 Å². The lowest BCUT2D eigenvalue weighted by atomic mass is 10.2. The van der Waals surface area contributed by atoms with Gasteiger partial charge in [-0.05, 0) is 30.3 Å². The molecule has 0 aliphatic carbocycles. The Morgan fingerprint density at radius 2 is 1.70 bits per heavy atom. The van der Waals surface area contributed by atoms with Crippen LogP contribution in [-0.4, -0.2) is 22.6 Å². The summed E-state index contributed by atoms with van der Waals surface area (Å²) >= 11 is 11.2. The number of carbonyl (C=O) groups is 2. The fourth-order valence-corrected chi connectivity index (χ4v) is 4.98. The zero-order chi connectivity index (χ0) is 21.1. The highest BCUT2D eigenvalue weighted by Crippen LogP contribution is 2.40. The molecule has 1 N–H and O–H groups in total. The molecule has 3 aromatic carbocycles. The number of nitrogens with zero attached hydrogens (tertiary/aromatic N) is 1. The molecule has 4 rings (SSSR count). The monoisotopic (exact) mass is 502 g/mol. The Hall–Kier alpha value is -2.48. The quantitative estimate of drug-likeness (QED) is 0.477. The third-order valence-corrected chi connectivity index (χ3v) is 6.68. The van der Waals surface area contributed by atoms with Gasteiger partial charge in [0.25, 0.3) is 11.8 Å². The highest BCUT2D eigenvalue weighted by molar-refractivity contribution is 9.10. The van der Waals surface area contributed by atoms with Gasteiger partial charge in [0, 0.05) is 10.0 Å². The first-order valence-corrected chi connectivity index (χ1v) is 11.3. The topological polar surface area (TPSA) is 58.6 Å². The fourth-order valence-electron chi connectivity index (χ4n) is 3.01. The summed E-state index contributed by atoms with van der Waals surface area (Å²) in [5, 5.41) is 1.49. The van der Waals surface area contributed by atoms with E-state index in [1.54, 1.807) is 48.5 Å². The minimum Gasteiger partial charge on any atom is -0.455 e. The Labute approximate surface area is 191 Å². The molecule has 2 amide bonds. The first kappa shape index (κ1) is 20.8. The molecule has 0 radical (unpaired) electrons. The molecule has 1 fully saturated rings. The lowest BCUT2D eigenvalue weighted by Crippen LogP contribution is -2.44. The number of carbonyl (C=O) groups excluding carboxylic acids is 2. The largest absolute Gasteiger partial charge is 0.455 e. The van der Waals surface area contributed by atoms with Crippen LogP contribution in [0.5, 0.6) is 11.5 Å². The van der Waals surface area contributed by atoms with E-state index >= 15 is 0 Å². The van der Waals surface area contributed by atoms with Gasteiger partial charge in [0.2, 0.25) is 0 Å². The number of para-hydroxylation sites is 2. The van der Waals surface area contributed by atoms with E-state index < -0.39 is 5.91 Å². The van der Waals surface area contributed by atoms with E-state index in [9.17, 15) is 9.59 Å². The molecule has 1 aliphatic heterocycles. The van der Waals surface area contributed by atoms with Crippen LogP contribution in [0.2, 0.25) is 5.02 Å². The number of thioether (sulfide) groups is 1. The lowest BCUT2D eigenvalue weighted by Gasteiger charge is -2.25. The van der Waals surface area contributed by atoms with Crippen LogP contribution in [0.15, 0.2) is 77.3 Å². The number of nitrogens with one attached hydrogen (secondary N) is 1. The molecule has 0 saturated carbocycles. The number of rotatable bonds is 5. The van der Waals surface area contributed by atoms with E-state index in [0.29, 0.717) is 22.1 Å². The average molecular weight is 504 g/mol. The molecular weight excluding hydrogens is 488 g/mol. The van der Waals surface area contributed by atoms with E-state index in [0.717, 1.165) is 10.0 Å². The molecule has 8 heteroatoms. The Bertz CT molecular complexity index is 1110. The third kappa shape index (κ3) is 4.33. The van der Waals surface area contributed by atoms with Gasteiger partial charge >= 0.3 is 0 Å². The van der Waals surface area contributed by atoms with E-state index in [-0.39, 0.29) is 17.0 Å². The van der Waals surface area contributed by atoms with Crippen molar-refractivity contribution in [2.75, 3.05) is 5.75 Å². The van der Waals surface area contributed by atoms with Crippen molar-refractivity contribution >= 4 is 51.1 Å². The van der Waals surface area contributed by atoms with Crippen LogP contribution >= 0.6 is 39.3 Å². The number of halogens is 2. The van der Waals surface area contributed by atoms with Crippen LogP contribution in [0.3, 0.4) is 0 Å². The molecule has 30 heavy (non-hydrogen) atoms. The Morgan fingerprint density at radius 1 is 1.03 bits per heavy atom. The van der Waals surface area contributed by atoms with Gasteiger partial charge in [-0.25, -0.2) is 5.01 Å². The summed E-state index contributed by atoms with van der Waals surface area (Å²) in [5.41, 5.74) is 3.96. The Balaban J connectivity index is 1.59. The van der Waals surface area contributed by atoms with Crippen LogP contribution in [-0.2, 0) is 4.79 Å². The predicted octanol–water partition coefficient (Wildman–Crippen LogP) is 5.81. The predicted molar refractivity (Wildman–Crippen MR) is 122 cm³/mol. The van der Waals surface area contributed by atoms with Crippen molar-refractivity contribution in [2.24, 2.45) is 0 Å². The van der Waals surface area contributed by atoms with Gasteiger partial charge in [0.15, 0.2) is 0 Å². The number of amides is 2. The van der Waals surface area contributed by atoms with Gasteiger partial charge < -0.3 is 4.74 Å². The van der Waals surface area contributed by atoms with Crippen molar-refractivity contribution in [1.82, 2.24) is 10.4 Å². The highest BCUT2D eigenvalue weighted by Gasteiger charge is 2.35. The number of hydrogen-bond acceptors (Lipinski definition) is 4. The van der Waals surface area contributed by atoms with Crippen LogP contribution in [0, 0.1) is 0 Å². The molecule has 1 saturated heterocycles. The molecule has 0 bridgehead atoms. The highest BCUT2D eigenvalue weighted by atomic mass is 79.9. The van der Waals surface area contributed by atoms with Crippen LogP contribution in [0.1, 0.15) is 21.3 Å². The maximum absolute atomic E-state index is 13.1. The zero-order valence-corrected chi connectivity index (χ0v) is 18.7. The normalized spacial score (nSPS) is 15.9. The minimum absolute atomic E-state index is 0.168. The summed E-state index contributed by atoms with van der Waals surface area (Å²) in [7, 11) is 0. The minimum atomic E-state index is -0.439. The third-order valence-electron chi connectivity index (χ3n) is 4.45. The summed E-state index contributed by atoms with van der Waals surface area (Å²) in [6.07, 6.45) is 0. The van der Waals surface area contributed by atoms with Crippen molar-refractivity contribution in [3.8, 4) is 11.5 Å². The molecule has 0 spiro atoms. The first-order chi connectivity index (χ1) is 14.5. The molecule has 3 aromatic rings. The number of hydrogen-bond donors (Lipinski definition) is 1. The Morgan fingerprint density at radius 3 is 2.47 bits per heavy atom. The molecule has 1 aliphatic rings. The van der Waals surface area contributed by atoms with Gasteiger partial charge in [-0.15, -0.1) is 11.8 Å². The number of benzene rings is 3. The van der Waals surface area contributed by atoms with E-state index in [1.165, 1.54) is 16.8 Å². The molecule has 5 nitrogen and oxygen atoms in total. The molecule has 1 atom stereocenters. The second kappa shape index (κ2) is 9.12. The second-order valence-corrected chi connectivity index (χ2v) is 8.75. The van der Waals surface area contributed by atoms with Gasteiger partial charge in [-0.2, -0.15) is 0 Å². The molecular formula is C22H16BrClN2O3S. The van der Waals surface area contributed by atoms with Crippen molar-refractivity contribution in [3.05, 3.63) is 93.4 Å². The zero-order valence-electron chi connectivity index (χ0n) is 15.5. The molecule has 1 heterocycles. The van der Waals surface area contributed by atoms with Gasteiger partial charge in [0.05, 0.1) is 16.3 Å². The van der Waals surface area contributed by atoms with Gasteiger partial charge in [-0.3, -0.25) is 15.0 Å². The standard InChI is InChI=1S/C22H16BrClN2O3S/c23-16-9-3-1-7-14(16)22-26(20(27)13-30-22)25-21(28)15-8-2-5-11-18(15)29-19-12-6-4-10-17(19)24/h1-12,22H,13H2,(H,25,28). The summed E-state index contributed by atoms with van der Waals surface area (Å²) in [6.45, 7) is 0. The summed E-state index contributed by atoms with van der Waals surface area (Å²) in [6, 6.07) is 21.5. The van der Waals surface area contributed by atoms with Crippen LogP contribution < -0.4 is 10.2 Å². The van der Waals surface area contributed by atoms with Crippen molar-refractivity contribution in [2.45, 2.75) is 5.37 Å². The maximum Gasteiger partial charge on any atom is 0.273 e. The summed E-state index contributed by atoms with van der Waals surface area (Å²) in [4.78, 5) is 25.5. The summed E-state index contributed by atoms with van der Waals surface area (Å²) in [5.74, 6) is 0.464. The Kier molecular flexibility index (Phi) is 6.32. The van der Waals surface area contributed by atoms with E-state index in [4.69, 9.17) is 16.3 Å². The number of ether oxygens (including phenoxy) is 1. The summed E-state index contributed by atoms with van der Waals surface area (Å²) < 4.78 is 6.75. The molecule has 152 valence electrons. The van der Waals surface area contributed by atoms with Crippen molar-refractivity contribution < 1.29 is 14.3 Å². The molecule has 0 aromatic heterocycles. The SMILES string of the molecule is O=C(NN1C(=O)CSC1c1ccccc1Br)c1ccccc1Oc1ccccc1Cl. The van der Waals surface area contributed by atoms with E-state index in [1.807, 2.05) is 24.3 Å². The van der Waals surface area contributed by atoms with Gasteiger partial charge in [0.1, 0.15) is 16.9 Å². The van der Waals surface area contributed by atoms with Crippen LogP contribution in [0.25, 0.3) is 0 Å². The van der Waals surface area contributed by atoms with E-state index in [2.05, 4.69) is 21.4 Å².